The Morgan fingerprint density at radius 3 is 3.00 bits per heavy atom. The van der Waals surface area contributed by atoms with Crippen molar-refractivity contribution in [2.45, 2.75) is 0 Å². The van der Waals surface area contributed by atoms with E-state index in [1.807, 2.05) is 25.2 Å². The van der Waals surface area contributed by atoms with Crippen molar-refractivity contribution >= 4 is 45.6 Å². The second kappa shape index (κ2) is 5.57. The van der Waals surface area contributed by atoms with Crippen LogP contribution < -0.4 is 5.32 Å². The molecule has 0 fully saturated rings. The van der Waals surface area contributed by atoms with Crippen molar-refractivity contribution in [3.05, 3.63) is 30.6 Å². The van der Waals surface area contributed by atoms with E-state index in [2.05, 4.69) is 37.3 Å². The van der Waals surface area contributed by atoms with E-state index >= 15 is 0 Å². The van der Waals surface area contributed by atoms with Gasteiger partial charge in [0.05, 0.1) is 5.52 Å². The van der Waals surface area contributed by atoms with Crippen molar-refractivity contribution in [1.82, 2.24) is 29.8 Å². The SMILES string of the molecule is C=Cn1nc(Nc2ccc3nnn(C)c3c2)nc1C(Cl)=NC. The number of benzene rings is 1. The number of anilines is 2. The Labute approximate surface area is 131 Å². The second-order valence-corrected chi connectivity index (χ2v) is 4.80. The Morgan fingerprint density at radius 1 is 1.45 bits per heavy atom. The van der Waals surface area contributed by atoms with Crippen LogP contribution in [-0.4, -0.2) is 42.0 Å². The first-order chi connectivity index (χ1) is 10.6. The molecule has 112 valence electrons. The van der Waals surface area contributed by atoms with Crippen molar-refractivity contribution in [3.63, 3.8) is 0 Å². The minimum absolute atomic E-state index is 0.256. The molecular formula is C13H13ClN8. The van der Waals surface area contributed by atoms with Crippen LogP contribution in [0.4, 0.5) is 11.6 Å². The van der Waals surface area contributed by atoms with Crippen molar-refractivity contribution in [2.75, 3.05) is 12.4 Å². The molecule has 1 aromatic carbocycles. The molecule has 22 heavy (non-hydrogen) atoms. The number of aromatic nitrogens is 6. The number of nitrogens with zero attached hydrogens (tertiary/aromatic N) is 7. The summed E-state index contributed by atoms with van der Waals surface area (Å²) in [6, 6.07) is 5.66. The third-order valence-electron chi connectivity index (χ3n) is 3.05. The maximum atomic E-state index is 6.01. The predicted molar refractivity (Wildman–Crippen MR) is 86.5 cm³/mol. The Bertz CT molecular complexity index is 875. The lowest BCUT2D eigenvalue weighted by atomic mass is 10.3. The lowest BCUT2D eigenvalue weighted by Crippen LogP contribution is -2.02. The molecule has 0 aliphatic heterocycles. The number of hydrogen-bond donors (Lipinski definition) is 1. The van der Waals surface area contributed by atoms with Crippen LogP contribution in [0.1, 0.15) is 5.82 Å². The van der Waals surface area contributed by atoms with Gasteiger partial charge in [-0.1, -0.05) is 23.4 Å². The van der Waals surface area contributed by atoms with Gasteiger partial charge in [-0.2, -0.15) is 4.98 Å². The first-order valence-electron chi connectivity index (χ1n) is 6.40. The van der Waals surface area contributed by atoms with Gasteiger partial charge < -0.3 is 5.32 Å². The molecule has 0 spiro atoms. The average Bonchev–Trinajstić information content (AvgIpc) is 3.11. The molecule has 2 aromatic heterocycles. The van der Waals surface area contributed by atoms with Crippen LogP contribution in [0.15, 0.2) is 29.8 Å². The van der Waals surface area contributed by atoms with Crippen LogP contribution in [0.3, 0.4) is 0 Å². The zero-order chi connectivity index (χ0) is 15.7. The first-order valence-corrected chi connectivity index (χ1v) is 6.78. The lowest BCUT2D eigenvalue weighted by molar-refractivity contribution is 0.736. The maximum absolute atomic E-state index is 6.01. The highest BCUT2D eigenvalue weighted by Gasteiger charge is 2.12. The van der Waals surface area contributed by atoms with Crippen LogP contribution in [-0.2, 0) is 7.05 Å². The molecule has 0 aliphatic carbocycles. The molecule has 8 nitrogen and oxygen atoms in total. The van der Waals surface area contributed by atoms with E-state index in [1.54, 1.807) is 11.7 Å². The molecule has 0 aliphatic rings. The largest absolute Gasteiger partial charge is 0.323 e. The van der Waals surface area contributed by atoms with Gasteiger partial charge in [0.1, 0.15) is 5.52 Å². The highest BCUT2D eigenvalue weighted by atomic mass is 35.5. The fourth-order valence-electron chi connectivity index (χ4n) is 1.98. The van der Waals surface area contributed by atoms with Gasteiger partial charge in [0.2, 0.25) is 5.95 Å². The molecule has 3 aromatic rings. The normalized spacial score (nSPS) is 11.9. The van der Waals surface area contributed by atoms with Crippen molar-refractivity contribution in [3.8, 4) is 0 Å². The number of aliphatic imine (C=N–C) groups is 1. The van der Waals surface area contributed by atoms with Gasteiger partial charge in [0.25, 0.3) is 0 Å². The summed E-state index contributed by atoms with van der Waals surface area (Å²) in [5.41, 5.74) is 2.54. The van der Waals surface area contributed by atoms with Gasteiger partial charge in [0.15, 0.2) is 11.0 Å². The number of fused-ring (bicyclic) bond motifs is 1. The zero-order valence-electron chi connectivity index (χ0n) is 12.0. The monoisotopic (exact) mass is 316 g/mol. The van der Waals surface area contributed by atoms with E-state index in [4.69, 9.17) is 11.6 Å². The Hall–Kier alpha value is -2.74. The van der Waals surface area contributed by atoms with Crippen LogP contribution >= 0.6 is 11.6 Å². The van der Waals surface area contributed by atoms with Gasteiger partial charge in [-0.3, -0.25) is 4.99 Å². The summed E-state index contributed by atoms with van der Waals surface area (Å²) >= 11 is 6.01. The molecule has 0 bridgehead atoms. The molecule has 0 saturated carbocycles. The second-order valence-electron chi connectivity index (χ2n) is 4.44. The fourth-order valence-corrected chi connectivity index (χ4v) is 2.11. The van der Waals surface area contributed by atoms with Crippen LogP contribution in [0, 0.1) is 0 Å². The molecule has 3 rings (SSSR count). The summed E-state index contributed by atoms with van der Waals surface area (Å²) in [5.74, 6) is 0.816. The van der Waals surface area contributed by atoms with Crippen LogP contribution in [0.5, 0.6) is 0 Å². The van der Waals surface area contributed by atoms with Gasteiger partial charge in [-0.25, -0.2) is 9.36 Å². The van der Waals surface area contributed by atoms with Gasteiger partial charge in [-0.05, 0) is 18.2 Å². The maximum Gasteiger partial charge on any atom is 0.247 e. The Kier molecular flexibility index (Phi) is 3.60. The smallest absolute Gasteiger partial charge is 0.247 e. The Morgan fingerprint density at radius 2 is 2.27 bits per heavy atom. The topological polar surface area (TPSA) is 85.8 Å². The minimum atomic E-state index is 0.256. The van der Waals surface area contributed by atoms with Gasteiger partial charge >= 0.3 is 0 Å². The molecular weight excluding hydrogens is 304 g/mol. The summed E-state index contributed by atoms with van der Waals surface area (Å²) < 4.78 is 3.16. The number of nitrogens with one attached hydrogen (secondary N) is 1. The zero-order valence-corrected chi connectivity index (χ0v) is 12.8. The molecule has 9 heteroatoms. The quantitative estimate of drug-likeness (QED) is 0.744. The predicted octanol–water partition coefficient (Wildman–Crippen LogP) is 2.02. The number of rotatable bonds is 4. The standard InChI is InChI=1S/C13H13ClN8/c1-4-22-12(11(14)15-2)17-13(19-22)16-8-5-6-9-10(7-8)21(3)20-18-9/h4-7H,1H2,2-3H3,(H,16,19). The van der Waals surface area contributed by atoms with Crippen molar-refractivity contribution in [2.24, 2.45) is 12.0 Å². The van der Waals surface area contributed by atoms with Crippen LogP contribution in [0.2, 0.25) is 0 Å². The van der Waals surface area contributed by atoms with Gasteiger partial charge in [-0.15, -0.1) is 10.2 Å². The molecule has 2 heterocycles. The molecule has 1 N–H and O–H groups in total. The number of aryl methyl sites for hydroxylation is 1. The lowest BCUT2D eigenvalue weighted by Gasteiger charge is -2.01. The third-order valence-corrected chi connectivity index (χ3v) is 3.39. The molecule has 0 radical (unpaired) electrons. The summed E-state index contributed by atoms with van der Waals surface area (Å²) in [6.45, 7) is 3.67. The Balaban J connectivity index is 1.96. The summed E-state index contributed by atoms with van der Waals surface area (Å²) in [6.07, 6.45) is 1.51. The van der Waals surface area contributed by atoms with Crippen molar-refractivity contribution < 1.29 is 0 Å². The fraction of sp³-hybridized carbons (Fsp3) is 0.154. The van der Waals surface area contributed by atoms with Crippen LogP contribution in [0.25, 0.3) is 17.2 Å². The molecule has 0 saturated heterocycles. The van der Waals surface area contributed by atoms with E-state index in [9.17, 15) is 0 Å². The summed E-state index contributed by atoms with van der Waals surface area (Å²) in [4.78, 5) is 8.20. The molecule has 0 atom stereocenters. The highest BCUT2D eigenvalue weighted by molar-refractivity contribution is 6.69. The van der Waals surface area contributed by atoms with Gasteiger partial charge in [0, 0.05) is 26.0 Å². The van der Waals surface area contributed by atoms with E-state index in [0.717, 1.165) is 16.7 Å². The third kappa shape index (κ3) is 2.44. The first kappa shape index (κ1) is 14.2. The number of hydrogen-bond acceptors (Lipinski definition) is 6. The van der Waals surface area contributed by atoms with E-state index in [-0.39, 0.29) is 5.17 Å². The highest BCUT2D eigenvalue weighted by Crippen LogP contribution is 2.19. The summed E-state index contributed by atoms with van der Waals surface area (Å²) in [5, 5.41) is 15.6. The van der Waals surface area contributed by atoms with E-state index in [1.165, 1.54) is 10.9 Å². The minimum Gasteiger partial charge on any atom is -0.323 e. The summed E-state index contributed by atoms with van der Waals surface area (Å²) in [7, 11) is 3.42. The average molecular weight is 317 g/mol. The van der Waals surface area contributed by atoms with Crippen molar-refractivity contribution in [1.29, 1.82) is 0 Å². The van der Waals surface area contributed by atoms with E-state index in [0.29, 0.717) is 11.8 Å². The molecule has 0 unspecified atom stereocenters. The van der Waals surface area contributed by atoms with E-state index < -0.39 is 0 Å². The number of halogens is 1. The molecule has 0 amide bonds.